The summed E-state index contributed by atoms with van der Waals surface area (Å²) in [7, 11) is -3.61. The number of sulfonamides is 1. The highest BCUT2D eigenvalue weighted by Gasteiger charge is 2.30. The molecule has 0 radical (unpaired) electrons. The minimum atomic E-state index is -3.61. The fourth-order valence-corrected chi connectivity index (χ4v) is 5.17. The predicted molar refractivity (Wildman–Crippen MR) is 117 cm³/mol. The van der Waals surface area contributed by atoms with Crippen molar-refractivity contribution < 1.29 is 12.8 Å². The zero-order chi connectivity index (χ0) is 22.3. The number of halogens is 2. The van der Waals surface area contributed by atoms with Gasteiger partial charge in [0, 0.05) is 31.2 Å². The van der Waals surface area contributed by atoms with Crippen LogP contribution in [-0.4, -0.2) is 63.9 Å². The van der Waals surface area contributed by atoms with Crippen molar-refractivity contribution in [3.8, 4) is 5.69 Å². The van der Waals surface area contributed by atoms with Crippen LogP contribution in [0, 0.1) is 5.82 Å². The van der Waals surface area contributed by atoms with Crippen LogP contribution in [0.4, 0.5) is 10.2 Å². The lowest BCUT2D eigenvalue weighted by Crippen LogP contribution is -2.49. The van der Waals surface area contributed by atoms with Crippen molar-refractivity contribution in [2.24, 2.45) is 0 Å². The van der Waals surface area contributed by atoms with Crippen molar-refractivity contribution in [3.63, 3.8) is 0 Å². The minimum absolute atomic E-state index is 0.210. The van der Waals surface area contributed by atoms with Crippen LogP contribution in [0.2, 0.25) is 5.02 Å². The Morgan fingerprint density at radius 3 is 2.28 bits per heavy atom. The smallest absolute Gasteiger partial charge is 0.243 e. The maximum atomic E-state index is 13.3. The van der Waals surface area contributed by atoms with Crippen molar-refractivity contribution in [3.05, 3.63) is 65.7 Å². The molecule has 0 bridgehead atoms. The molecule has 0 unspecified atom stereocenters. The van der Waals surface area contributed by atoms with Crippen molar-refractivity contribution in [1.29, 1.82) is 0 Å². The van der Waals surface area contributed by atoms with Gasteiger partial charge >= 0.3 is 0 Å². The van der Waals surface area contributed by atoms with Gasteiger partial charge in [0.05, 0.1) is 10.6 Å². The second-order valence-electron chi connectivity index (χ2n) is 7.19. The molecule has 0 aliphatic carbocycles. The molecule has 0 spiro atoms. The second-order valence-corrected chi connectivity index (χ2v) is 9.57. The molecule has 164 valence electrons. The van der Waals surface area contributed by atoms with E-state index in [0.717, 1.165) is 0 Å². The van der Waals surface area contributed by atoms with Crippen LogP contribution in [0.25, 0.3) is 16.9 Å². The van der Waals surface area contributed by atoms with Gasteiger partial charge in [0.1, 0.15) is 12.1 Å². The van der Waals surface area contributed by atoms with E-state index in [1.165, 1.54) is 39.6 Å². The Balaban J connectivity index is 1.38. The number of rotatable bonds is 4. The van der Waals surface area contributed by atoms with Crippen molar-refractivity contribution in [1.82, 2.24) is 29.3 Å². The molecule has 12 heteroatoms. The van der Waals surface area contributed by atoms with Crippen molar-refractivity contribution in [2.45, 2.75) is 4.90 Å². The van der Waals surface area contributed by atoms with Crippen LogP contribution in [0.3, 0.4) is 0 Å². The van der Waals surface area contributed by atoms with E-state index in [1.54, 1.807) is 24.3 Å². The Bertz CT molecular complexity index is 1370. The lowest BCUT2D eigenvalue weighted by atomic mass is 10.3. The number of piperazine rings is 1. The minimum Gasteiger partial charge on any atom is -0.352 e. The molecule has 1 fully saturated rings. The molecule has 5 rings (SSSR count). The number of fused-ring (bicyclic) bond motifs is 1. The highest BCUT2D eigenvalue weighted by atomic mass is 35.5. The van der Waals surface area contributed by atoms with Gasteiger partial charge in [-0.3, -0.25) is 0 Å². The van der Waals surface area contributed by atoms with E-state index in [4.69, 9.17) is 11.6 Å². The van der Waals surface area contributed by atoms with Gasteiger partial charge in [-0.1, -0.05) is 16.8 Å². The summed E-state index contributed by atoms with van der Waals surface area (Å²) in [6.07, 6.45) is 1.41. The third-order valence-corrected chi connectivity index (χ3v) is 7.44. The molecule has 0 atom stereocenters. The standard InChI is InChI=1S/C20H17ClFN7O2S/c21-14-1-7-17(8-2-14)32(30,31)28-11-9-27(10-12-28)19-18-20(24-13-23-19)29(26-25-18)16-5-3-15(22)4-6-16/h1-8,13H,9-12H2. The SMILES string of the molecule is O=S(=O)(c1ccc(Cl)cc1)N1CCN(c2ncnc3c2nnn3-c2ccc(F)cc2)CC1. The van der Waals surface area contributed by atoms with Gasteiger partial charge in [0.2, 0.25) is 10.0 Å². The average molecular weight is 474 g/mol. The number of aromatic nitrogens is 5. The largest absolute Gasteiger partial charge is 0.352 e. The normalized spacial score (nSPS) is 15.4. The summed E-state index contributed by atoms with van der Waals surface area (Å²) in [5, 5.41) is 8.86. The summed E-state index contributed by atoms with van der Waals surface area (Å²) in [6, 6.07) is 12.0. The molecule has 3 heterocycles. The Morgan fingerprint density at radius 2 is 1.59 bits per heavy atom. The number of nitrogens with zero attached hydrogens (tertiary/aromatic N) is 7. The fraction of sp³-hybridized carbons (Fsp3) is 0.200. The summed E-state index contributed by atoms with van der Waals surface area (Å²) in [5.41, 5.74) is 1.60. The summed E-state index contributed by atoms with van der Waals surface area (Å²) in [5.74, 6) is 0.229. The molecule has 0 amide bonds. The van der Waals surface area contributed by atoms with Crippen molar-refractivity contribution in [2.75, 3.05) is 31.1 Å². The molecule has 0 saturated carbocycles. The van der Waals surface area contributed by atoms with Gasteiger partial charge in [-0.05, 0) is 48.5 Å². The van der Waals surface area contributed by atoms with E-state index < -0.39 is 10.0 Å². The molecular formula is C20H17ClFN7O2S. The molecule has 1 aliphatic heterocycles. The molecular weight excluding hydrogens is 457 g/mol. The lowest BCUT2D eigenvalue weighted by molar-refractivity contribution is 0.384. The summed E-state index contributed by atoms with van der Waals surface area (Å²) >= 11 is 5.87. The van der Waals surface area contributed by atoms with Gasteiger partial charge in [0.25, 0.3) is 0 Å². The van der Waals surface area contributed by atoms with E-state index in [9.17, 15) is 12.8 Å². The molecule has 1 saturated heterocycles. The molecule has 1 aliphatic rings. The quantitative estimate of drug-likeness (QED) is 0.449. The number of hydrogen-bond acceptors (Lipinski definition) is 7. The summed E-state index contributed by atoms with van der Waals surface area (Å²) in [4.78, 5) is 10.8. The second kappa shape index (κ2) is 8.08. The van der Waals surface area contributed by atoms with Gasteiger partial charge in [-0.15, -0.1) is 5.10 Å². The lowest BCUT2D eigenvalue weighted by Gasteiger charge is -2.34. The highest BCUT2D eigenvalue weighted by molar-refractivity contribution is 7.89. The molecule has 2 aromatic carbocycles. The van der Waals surface area contributed by atoms with E-state index in [2.05, 4.69) is 20.3 Å². The van der Waals surface area contributed by atoms with E-state index in [1.807, 2.05) is 4.90 Å². The van der Waals surface area contributed by atoms with E-state index in [-0.39, 0.29) is 10.7 Å². The molecule has 4 aromatic rings. The third kappa shape index (κ3) is 3.68. The predicted octanol–water partition coefficient (Wildman–Crippen LogP) is 2.51. The van der Waals surface area contributed by atoms with E-state index >= 15 is 0 Å². The van der Waals surface area contributed by atoms with Crippen LogP contribution < -0.4 is 4.90 Å². The zero-order valence-corrected chi connectivity index (χ0v) is 18.2. The van der Waals surface area contributed by atoms with Gasteiger partial charge in [-0.2, -0.15) is 8.99 Å². The van der Waals surface area contributed by atoms with Crippen LogP contribution in [-0.2, 0) is 10.0 Å². The maximum absolute atomic E-state index is 13.3. The molecule has 9 nitrogen and oxygen atoms in total. The first kappa shape index (κ1) is 20.7. The monoisotopic (exact) mass is 473 g/mol. The number of hydrogen-bond donors (Lipinski definition) is 0. The Kier molecular flexibility index (Phi) is 5.24. The maximum Gasteiger partial charge on any atom is 0.243 e. The van der Waals surface area contributed by atoms with Crippen LogP contribution in [0.5, 0.6) is 0 Å². The van der Waals surface area contributed by atoms with Crippen molar-refractivity contribution >= 4 is 38.6 Å². The average Bonchev–Trinajstić information content (AvgIpc) is 3.24. The zero-order valence-electron chi connectivity index (χ0n) is 16.6. The molecule has 0 N–H and O–H groups in total. The Hall–Kier alpha value is -3.15. The van der Waals surface area contributed by atoms with Gasteiger partial charge in [-0.25, -0.2) is 22.8 Å². The third-order valence-electron chi connectivity index (χ3n) is 5.28. The van der Waals surface area contributed by atoms with E-state index in [0.29, 0.717) is 53.9 Å². The first-order valence-electron chi connectivity index (χ1n) is 9.76. The highest BCUT2D eigenvalue weighted by Crippen LogP contribution is 2.25. The first-order chi connectivity index (χ1) is 15.4. The van der Waals surface area contributed by atoms with Gasteiger partial charge < -0.3 is 4.90 Å². The number of anilines is 1. The summed E-state index contributed by atoms with van der Waals surface area (Å²) < 4.78 is 42.1. The summed E-state index contributed by atoms with van der Waals surface area (Å²) in [6.45, 7) is 1.45. The molecule has 2 aromatic heterocycles. The van der Waals surface area contributed by atoms with Gasteiger partial charge in [0.15, 0.2) is 17.0 Å². The number of benzene rings is 2. The van der Waals surface area contributed by atoms with Crippen LogP contribution in [0.15, 0.2) is 59.8 Å². The Labute approximate surface area is 188 Å². The topological polar surface area (TPSA) is 97.1 Å². The Morgan fingerprint density at radius 1 is 0.906 bits per heavy atom. The van der Waals surface area contributed by atoms with Crippen LogP contribution >= 0.6 is 11.6 Å². The fourth-order valence-electron chi connectivity index (χ4n) is 3.62. The van der Waals surface area contributed by atoms with Crippen LogP contribution in [0.1, 0.15) is 0 Å². The first-order valence-corrected chi connectivity index (χ1v) is 11.6. The molecule has 32 heavy (non-hydrogen) atoms.